The van der Waals surface area contributed by atoms with Gasteiger partial charge in [-0.05, 0) is 24.3 Å². The molecule has 88 valence electrons. The third-order valence-corrected chi connectivity index (χ3v) is 2.21. The molecular weight excluding hydrogens is 211 g/mol. The van der Waals surface area contributed by atoms with E-state index in [1.165, 1.54) is 12.1 Å². The van der Waals surface area contributed by atoms with Crippen LogP contribution in [0.5, 0.6) is 0 Å². The van der Waals surface area contributed by atoms with Gasteiger partial charge in [-0.15, -0.1) is 0 Å². The molecule has 0 bridgehead atoms. The second kappa shape index (κ2) is 5.46. The van der Waals surface area contributed by atoms with Gasteiger partial charge in [-0.2, -0.15) is 0 Å². The number of benzene rings is 1. The number of halogens is 1. The maximum atomic E-state index is 12.7. The van der Waals surface area contributed by atoms with Crippen LogP contribution in [0.2, 0.25) is 0 Å². The summed E-state index contributed by atoms with van der Waals surface area (Å²) in [7, 11) is 1.79. The minimum absolute atomic E-state index is 0.0778. The first-order valence-corrected chi connectivity index (χ1v) is 4.93. The molecule has 0 aliphatic carbocycles. The summed E-state index contributed by atoms with van der Waals surface area (Å²) in [5.74, 6) is -1.22. The number of hydrogen-bond donors (Lipinski definition) is 2. The van der Waals surface area contributed by atoms with Crippen molar-refractivity contribution in [2.24, 2.45) is 5.73 Å². The molecule has 1 rings (SSSR count). The Bertz CT molecular complexity index is 354. The number of carbonyl (C=O) groups is 1. The molecule has 1 aromatic carbocycles. The van der Waals surface area contributed by atoms with Crippen LogP contribution < -0.4 is 10.6 Å². The van der Waals surface area contributed by atoms with Crippen LogP contribution in [0.1, 0.15) is 6.42 Å². The van der Waals surface area contributed by atoms with Crippen molar-refractivity contribution in [2.75, 3.05) is 18.5 Å². The molecule has 0 radical (unpaired) electrons. The van der Waals surface area contributed by atoms with Crippen molar-refractivity contribution in [3.63, 3.8) is 0 Å². The minimum atomic E-state index is -0.917. The lowest BCUT2D eigenvalue weighted by atomic mass is 10.2. The number of nitrogens with two attached hydrogens (primary N) is 1. The average Bonchev–Trinajstić information content (AvgIpc) is 2.16. The van der Waals surface area contributed by atoms with Gasteiger partial charge in [0.05, 0.1) is 6.42 Å². The van der Waals surface area contributed by atoms with Crippen LogP contribution in [0.4, 0.5) is 10.1 Å². The number of hydrogen-bond acceptors (Lipinski definition) is 3. The molecule has 0 fully saturated rings. The first-order valence-electron chi connectivity index (χ1n) is 4.93. The van der Waals surface area contributed by atoms with E-state index >= 15 is 0 Å². The van der Waals surface area contributed by atoms with Crippen LogP contribution in [0, 0.1) is 5.82 Å². The molecular formula is C11H15FN2O2. The Hall–Kier alpha value is -1.62. The van der Waals surface area contributed by atoms with Crippen molar-refractivity contribution in [1.82, 2.24) is 0 Å². The summed E-state index contributed by atoms with van der Waals surface area (Å²) < 4.78 is 12.7. The highest BCUT2D eigenvalue weighted by Crippen LogP contribution is 2.13. The summed E-state index contributed by atoms with van der Waals surface area (Å²) in [5.41, 5.74) is 6.45. The molecule has 0 amide bonds. The van der Waals surface area contributed by atoms with Crippen molar-refractivity contribution in [3.8, 4) is 0 Å². The number of carboxylic acids is 1. The van der Waals surface area contributed by atoms with E-state index in [-0.39, 0.29) is 12.2 Å². The minimum Gasteiger partial charge on any atom is -0.481 e. The zero-order valence-corrected chi connectivity index (χ0v) is 9.06. The van der Waals surface area contributed by atoms with Gasteiger partial charge in [0, 0.05) is 25.3 Å². The molecule has 16 heavy (non-hydrogen) atoms. The SMILES string of the molecule is CN(CC(N)CC(=O)O)c1ccc(F)cc1. The highest BCUT2D eigenvalue weighted by Gasteiger charge is 2.11. The zero-order valence-electron chi connectivity index (χ0n) is 9.06. The Morgan fingerprint density at radius 1 is 1.50 bits per heavy atom. The third-order valence-electron chi connectivity index (χ3n) is 2.21. The highest BCUT2D eigenvalue weighted by atomic mass is 19.1. The van der Waals surface area contributed by atoms with Gasteiger partial charge in [-0.25, -0.2) is 4.39 Å². The van der Waals surface area contributed by atoms with Crippen LogP contribution in [0.3, 0.4) is 0 Å². The number of nitrogens with zero attached hydrogens (tertiary/aromatic N) is 1. The molecule has 5 heteroatoms. The highest BCUT2D eigenvalue weighted by molar-refractivity contribution is 5.67. The van der Waals surface area contributed by atoms with E-state index in [4.69, 9.17) is 10.8 Å². The number of aliphatic carboxylic acids is 1. The number of likely N-dealkylation sites (N-methyl/N-ethyl adjacent to an activating group) is 1. The Morgan fingerprint density at radius 2 is 2.06 bits per heavy atom. The van der Waals surface area contributed by atoms with Crippen LogP contribution in [-0.4, -0.2) is 30.7 Å². The van der Waals surface area contributed by atoms with Crippen molar-refractivity contribution in [2.45, 2.75) is 12.5 Å². The average molecular weight is 226 g/mol. The molecule has 0 aromatic heterocycles. The van der Waals surface area contributed by atoms with Crippen LogP contribution in [-0.2, 0) is 4.79 Å². The standard InChI is InChI=1S/C11H15FN2O2/c1-14(7-9(13)6-11(15)16)10-4-2-8(12)3-5-10/h2-5,9H,6-7,13H2,1H3,(H,15,16). The molecule has 0 aliphatic rings. The molecule has 4 nitrogen and oxygen atoms in total. The number of carboxylic acid groups (broad SMARTS) is 1. The van der Waals surface area contributed by atoms with E-state index in [9.17, 15) is 9.18 Å². The van der Waals surface area contributed by atoms with E-state index < -0.39 is 12.0 Å². The lowest BCUT2D eigenvalue weighted by Gasteiger charge is -2.22. The van der Waals surface area contributed by atoms with Gasteiger partial charge in [0.1, 0.15) is 5.82 Å². The van der Waals surface area contributed by atoms with Gasteiger partial charge in [0.25, 0.3) is 0 Å². The summed E-state index contributed by atoms with van der Waals surface area (Å²) >= 11 is 0. The largest absolute Gasteiger partial charge is 0.481 e. The third kappa shape index (κ3) is 3.86. The summed E-state index contributed by atoms with van der Waals surface area (Å²) in [4.78, 5) is 12.2. The first kappa shape index (κ1) is 12.4. The monoisotopic (exact) mass is 226 g/mol. The molecule has 1 aromatic rings. The lowest BCUT2D eigenvalue weighted by molar-refractivity contribution is -0.137. The van der Waals surface area contributed by atoms with E-state index in [1.54, 1.807) is 24.1 Å². The quantitative estimate of drug-likeness (QED) is 0.788. The van der Waals surface area contributed by atoms with Gasteiger partial charge in [0.15, 0.2) is 0 Å². The van der Waals surface area contributed by atoms with Gasteiger partial charge in [0.2, 0.25) is 0 Å². The Morgan fingerprint density at radius 3 is 2.56 bits per heavy atom. The second-order valence-corrected chi connectivity index (χ2v) is 3.71. The van der Waals surface area contributed by atoms with E-state index in [1.807, 2.05) is 0 Å². The predicted octanol–water partition coefficient (Wildman–Crippen LogP) is 1.06. The van der Waals surface area contributed by atoms with Crippen LogP contribution in [0.15, 0.2) is 24.3 Å². The molecule has 0 heterocycles. The van der Waals surface area contributed by atoms with Crippen molar-refractivity contribution >= 4 is 11.7 Å². The molecule has 0 spiro atoms. The maximum Gasteiger partial charge on any atom is 0.304 e. The number of anilines is 1. The fourth-order valence-electron chi connectivity index (χ4n) is 1.44. The lowest BCUT2D eigenvalue weighted by Crippen LogP contribution is -2.36. The maximum absolute atomic E-state index is 12.7. The normalized spacial score (nSPS) is 12.2. The molecule has 0 aliphatic heterocycles. The Kier molecular flexibility index (Phi) is 4.25. The molecule has 1 atom stereocenters. The summed E-state index contributed by atoms with van der Waals surface area (Å²) in [6.07, 6.45) is -0.0778. The zero-order chi connectivity index (χ0) is 12.1. The fourth-order valence-corrected chi connectivity index (χ4v) is 1.44. The van der Waals surface area contributed by atoms with Crippen LogP contribution in [0.25, 0.3) is 0 Å². The molecule has 0 saturated carbocycles. The predicted molar refractivity (Wildman–Crippen MR) is 59.9 cm³/mol. The van der Waals surface area contributed by atoms with Gasteiger partial charge >= 0.3 is 5.97 Å². The van der Waals surface area contributed by atoms with Crippen molar-refractivity contribution in [1.29, 1.82) is 0 Å². The summed E-state index contributed by atoms with van der Waals surface area (Å²) in [6, 6.07) is 5.53. The van der Waals surface area contributed by atoms with E-state index in [0.29, 0.717) is 6.54 Å². The van der Waals surface area contributed by atoms with Gasteiger partial charge < -0.3 is 15.7 Å². The first-order chi connectivity index (χ1) is 7.49. The number of rotatable bonds is 5. The molecule has 3 N–H and O–H groups in total. The summed E-state index contributed by atoms with van der Waals surface area (Å²) in [6.45, 7) is 0.415. The van der Waals surface area contributed by atoms with Gasteiger partial charge in [-0.3, -0.25) is 4.79 Å². The Balaban J connectivity index is 2.54. The molecule has 1 unspecified atom stereocenters. The molecule has 0 saturated heterocycles. The van der Waals surface area contributed by atoms with Crippen LogP contribution >= 0.6 is 0 Å². The van der Waals surface area contributed by atoms with Crippen molar-refractivity contribution < 1.29 is 14.3 Å². The van der Waals surface area contributed by atoms with E-state index in [2.05, 4.69) is 0 Å². The Labute approximate surface area is 93.5 Å². The topological polar surface area (TPSA) is 66.6 Å². The summed E-state index contributed by atoms with van der Waals surface area (Å²) in [5, 5.41) is 8.56. The smallest absolute Gasteiger partial charge is 0.304 e. The second-order valence-electron chi connectivity index (χ2n) is 3.71. The van der Waals surface area contributed by atoms with Gasteiger partial charge in [-0.1, -0.05) is 0 Å². The fraction of sp³-hybridized carbons (Fsp3) is 0.364. The van der Waals surface area contributed by atoms with E-state index in [0.717, 1.165) is 5.69 Å². The van der Waals surface area contributed by atoms with Crippen molar-refractivity contribution in [3.05, 3.63) is 30.1 Å².